The number of anilines is 1. The number of para-hydroxylation sites is 1. The number of nitrogens with one attached hydrogen (secondary N) is 1. The molecule has 0 bridgehead atoms. The first kappa shape index (κ1) is 31.9. The van der Waals surface area contributed by atoms with Gasteiger partial charge in [-0.25, -0.2) is 14.6 Å². The van der Waals surface area contributed by atoms with Gasteiger partial charge in [0.15, 0.2) is 17.4 Å². The van der Waals surface area contributed by atoms with Crippen molar-refractivity contribution in [2.75, 3.05) is 25.6 Å². The second-order valence-corrected chi connectivity index (χ2v) is 12.8. The maximum atomic E-state index is 13.9. The molecule has 1 aromatic carbocycles. The van der Waals surface area contributed by atoms with E-state index in [1.807, 2.05) is 0 Å². The second kappa shape index (κ2) is 13.1. The number of nitrogens with two attached hydrogens (primary N) is 1. The fourth-order valence-electron chi connectivity index (χ4n) is 4.23. The maximum Gasteiger partial charge on any atom is 0.459 e. The molecule has 0 radical (unpaired) electrons. The van der Waals surface area contributed by atoms with Gasteiger partial charge in [-0.15, -0.1) is 11.6 Å². The van der Waals surface area contributed by atoms with Crippen LogP contribution in [0.1, 0.15) is 40.8 Å². The molecule has 3 aromatic rings. The number of aliphatic hydroxyl groups is 1. The van der Waals surface area contributed by atoms with Crippen molar-refractivity contribution >= 4 is 42.4 Å². The molecule has 0 aliphatic carbocycles. The normalized spacial score (nSPS) is 24.4. The number of nitrogens with zero attached hydrogens (tertiary/aromatic N) is 4. The summed E-state index contributed by atoms with van der Waals surface area (Å²) in [4.78, 5) is 23.2. The van der Waals surface area contributed by atoms with Crippen LogP contribution in [0.25, 0.3) is 11.2 Å². The van der Waals surface area contributed by atoms with Crippen molar-refractivity contribution in [3.05, 3.63) is 36.7 Å². The molecule has 230 valence electrons. The molecule has 4 N–H and O–H groups in total. The summed E-state index contributed by atoms with van der Waals surface area (Å²) >= 11 is 6.82. The molecule has 1 fully saturated rings. The number of hydrogen-bond donors (Lipinski definition) is 3. The van der Waals surface area contributed by atoms with Gasteiger partial charge in [-0.1, -0.05) is 32.0 Å². The van der Waals surface area contributed by atoms with Crippen molar-refractivity contribution in [2.45, 2.75) is 64.0 Å². The average Bonchev–Trinajstić information content (AvgIpc) is 3.44. The first-order valence-electron chi connectivity index (χ1n) is 13.4. The number of halogens is 1. The Morgan fingerprint density at radius 3 is 2.67 bits per heavy atom. The first-order chi connectivity index (χ1) is 19.8. The van der Waals surface area contributed by atoms with Crippen molar-refractivity contribution in [3.8, 4) is 11.6 Å². The number of aromatic nitrogens is 4. The van der Waals surface area contributed by atoms with Crippen LogP contribution in [0.3, 0.4) is 0 Å². The van der Waals surface area contributed by atoms with E-state index >= 15 is 0 Å². The largest absolute Gasteiger partial charge is 0.476 e. The fourth-order valence-corrected chi connectivity index (χ4v) is 6.06. The van der Waals surface area contributed by atoms with Crippen molar-refractivity contribution < 1.29 is 37.7 Å². The van der Waals surface area contributed by atoms with Gasteiger partial charge in [-0.05, 0) is 32.9 Å². The molecule has 16 heteroatoms. The Morgan fingerprint density at radius 2 is 2.00 bits per heavy atom. The van der Waals surface area contributed by atoms with E-state index in [0.29, 0.717) is 17.8 Å². The number of hydrogen-bond acceptors (Lipinski definition) is 12. The molecule has 1 aliphatic heterocycles. The summed E-state index contributed by atoms with van der Waals surface area (Å²) in [5, 5.41) is 13.9. The molecule has 0 saturated carbocycles. The highest BCUT2D eigenvalue weighted by Gasteiger charge is 2.54. The van der Waals surface area contributed by atoms with Gasteiger partial charge < -0.3 is 29.6 Å². The lowest BCUT2D eigenvalue weighted by molar-refractivity contribution is -0.147. The third-order valence-electron chi connectivity index (χ3n) is 6.36. The lowest BCUT2D eigenvalue weighted by Crippen LogP contribution is -2.40. The van der Waals surface area contributed by atoms with Crippen molar-refractivity contribution in [2.24, 2.45) is 5.92 Å². The Bertz CT molecular complexity index is 1420. The van der Waals surface area contributed by atoms with Gasteiger partial charge in [-0.3, -0.25) is 13.9 Å². The molecule has 1 aliphatic rings. The fraction of sp³-hybridized carbons (Fsp3) is 0.538. The van der Waals surface area contributed by atoms with E-state index in [0.717, 1.165) is 0 Å². The number of fused-ring (bicyclic) bond motifs is 1. The molecule has 2 unspecified atom stereocenters. The minimum Gasteiger partial charge on any atom is -0.476 e. The average molecular weight is 627 g/mol. The summed E-state index contributed by atoms with van der Waals surface area (Å²) in [6.45, 7) is 8.37. The van der Waals surface area contributed by atoms with Crippen LogP contribution in [-0.4, -0.2) is 73.5 Å². The van der Waals surface area contributed by atoms with Crippen LogP contribution in [0.5, 0.6) is 11.6 Å². The van der Waals surface area contributed by atoms with Crippen LogP contribution in [0, 0.1) is 5.92 Å². The quantitative estimate of drug-likeness (QED) is 0.143. The third-order valence-corrected chi connectivity index (χ3v) is 8.47. The zero-order chi connectivity index (χ0) is 30.7. The molecule has 14 nitrogen and oxygen atoms in total. The van der Waals surface area contributed by atoms with Gasteiger partial charge >= 0.3 is 13.7 Å². The Kier molecular flexibility index (Phi) is 9.96. The van der Waals surface area contributed by atoms with Gasteiger partial charge in [0.2, 0.25) is 11.8 Å². The van der Waals surface area contributed by atoms with E-state index < -0.39 is 43.1 Å². The number of carbonyl (C=O) groups is 1. The number of alkyl halides is 1. The maximum absolute atomic E-state index is 13.9. The molecule has 0 amide bonds. The van der Waals surface area contributed by atoms with Crippen LogP contribution in [0.15, 0.2) is 36.7 Å². The van der Waals surface area contributed by atoms with Crippen LogP contribution >= 0.6 is 19.3 Å². The topological polar surface area (TPSA) is 182 Å². The summed E-state index contributed by atoms with van der Waals surface area (Å²) in [6, 6.07) is 7.82. The lowest BCUT2D eigenvalue weighted by atomic mass is 10.0. The molecule has 3 heterocycles. The van der Waals surface area contributed by atoms with Gasteiger partial charge in [0, 0.05) is 6.04 Å². The smallest absolute Gasteiger partial charge is 0.459 e. The lowest BCUT2D eigenvalue weighted by Gasteiger charge is -2.26. The van der Waals surface area contributed by atoms with Gasteiger partial charge in [0.05, 0.1) is 25.5 Å². The summed E-state index contributed by atoms with van der Waals surface area (Å²) in [6.07, 6.45) is -1.85. The van der Waals surface area contributed by atoms with Crippen molar-refractivity contribution in [3.63, 3.8) is 0 Å². The predicted molar refractivity (Wildman–Crippen MR) is 154 cm³/mol. The zero-order valence-electron chi connectivity index (χ0n) is 24.0. The minimum atomic E-state index is -4.09. The highest BCUT2D eigenvalue weighted by molar-refractivity contribution is 7.52. The monoisotopic (exact) mass is 626 g/mol. The molecule has 2 aromatic heterocycles. The Hall–Kier alpha value is -3.00. The van der Waals surface area contributed by atoms with E-state index in [-0.39, 0.29) is 36.7 Å². The minimum absolute atomic E-state index is 0.0410. The Morgan fingerprint density at radius 1 is 1.29 bits per heavy atom. The molecular formula is C26H36ClN6O8P. The molecule has 6 atom stereocenters. The first-order valence-corrected chi connectivity index (χ1v) is 15.4. The third kappa shape index (κ3) is 7.13. The number of carbonyl (C=O) groups excluding carboxylic acids is 1. The molecular weight excluding hydrogens is 591 g/mol. The molecule has 1 saturated heterocycles. The van der Waals surface area contributed by atoms with E-state index in [1.54, 1.807) is 65.0 Å². The highest BCUT2D eigenvalue weighted by Crippen LogP contribution is 2.48. The van der Waals surface area contributed by atoms with Gasteiger partial charge in [0.25, 0.3) is 0 Å². The van der Waals surface area contributed by atoms with E-state index in [4.69, 9.17) is 40.6 Å². The van der Waals surface area contributed by atoms with Crippen LogP contribution in [0.4, 0.5) is 5.95 Å². The summed E-state index contributed by atoms with van der Waals surface area (Å²) < 4.78 is 43.9. The molecule has 42 heavy (non-hydrogen) atoms. The summed E-state index contributed by atoms with van der Waals surface area (Å²) in [7, 11) is -4.09. The second-order valence-electron chi connectivity index (χ2n) is 10.3. The van der Waals surface area contributed by atoms with Gasteiger partial charge in [0.1, 0.15) is 29.4 Å². The zero-order valence-corrected chi connectivity index (χ0v) is 25.6. The number of ether oxygens (including phenoxy) is 3. The van der Waals surface area contributed by atoms with E-state index in [2.05, 4.69) is 20.0 Å². The number of imidazole rings is 1. The SMILES string of the molecule is CCOc1nc(N)nc2c1ncn2[C@@H]1O[C@H](COP(=O)(NC(C)COC(=O)C(C)C)Oc2ccccc2)[C@@H](O)[C@@]1(C)Cl. The molecule has 0 spiro atoms. The number of nitrogen functional groups attached to an aromatic ring is 1. The predicted octanol–water partition coefficient (Wildman–Crippen LogP) is 3.44. The number of esters is 1. The van der Waals surface area contributed by atoms with Crippen molar-refractivity contribution in [1.29, 1.82) is 0 Å². The highest BCUT2D eigenvalue weighted by atomic mass is 35.5. The number of aliphatic hydroxyl groups excluding tert-OH is 1. The molecule has 4 rings (SSSR count). The summed E-state index contributed by atoms with van der Waals surface area (Å²) in [5.74, 6) is -0.279. The van der Waals surface area contributed by atoms with Crippen molar-refractivity contribution in [1.82, 2.24) is 24.6 Å². The number of benzene rings is 1. The Balaban J connectivity index is 1.53. The van der Waals surface area contributed by atoms with Gasteiger partial charge in [-0.2, -0.15) is 9.97 Å². The van der Waals surface area contributed by atoms with Crippen LogP contribution in [-0.2, 0) is 23.4 Å². The van der Waals surface area contributed by atoms with Crippen LogP contribution in [0.2, 0.25) is 0 Å². The number of rotatable bonds is 13. The summed E-state index contributed by atoms with van der Waals surface area (Å²) in [5.41, 5.74) is 6.52. The van der Waals surface area contributed by atoms with E-state index in [1.165, 1.54) is 10.9 Å². The Labute approximate surface area is 248 Å². The standard InChI is InChI=1S/C26H36ClN6O8P/c1-6-37-22-19-21(30-25(28)31-22)33(14-29-19)24-26(5,27)20(34)18(40-24)13-39-42(36,41-17-10-8-7-9-11-17)32-16(4)12-38-23(35)15(2)3/h7-11,14-16,18,20,24,34H,6,12-13H2,1-5H3,(H,32,36)(H2,28,30,31)/t16?,18-,20-,24-,26-,42?/m1/s1. The van der Waals surface area contributed by atoms with Crippen LogP contribution < -0.4 is 20.1 Å². The van der Waals surface area contributed by atoms with E-state index in [9.17, 15) is 14.5 Å².